The van der Waals surface area contributed by atoms with E-state index in [0.29, 0.717) is 12.3 Å². The number of aryl methyl sites for hydroxylation is 2. The van der Waals surface area contributed by atoms with Crippen LogP contribution in [0.1, 0.15) is 22.3 Å². The lowest BCUT2D eigenvalue weighted by molar-refractivity contribution is 0.409. The Kier molecular flexibility index (Phi) is 5.15. The monoisotopic (exact) mass is 303 g/mol. The van der Waals surface area contributed by atoms with E-state index in [4.69, 9.17) is 10.5 Å². The van der Waals surface area contributed by atoms with Gasteiger partial charge >= 0.3 is 0 Å². The van der Waals surface area contributed by atoms with E-state index in [1.165, 1.54) is 5.56 Å². The van der Waals surface area contributed by atoms with Gasteiger partial charge in [0, 0.05) is 17.0 Å². The minimum absolute atomic E-state index is 0.410. The minimum atomic E-state index is -1.05. The van der Waals surface area contributed by atoms with Gasteiger partial charge in [0.2, 0.25) is 0 Å². The average Bonchev–Trinajstić information content (AvgIpc) is 2.46. The normalized spacial score (nSPS) is 12.2. The Bertz CT molecular complexity index is 668. The Morgan fingerprint density at radius 2 is 1.90 bits per heavy atom. The highest BCUT2D eigenvalue weighted by atomic mass is 32.2. The molecule has 0 aliphatic rings. The van der Waals surface area contributed by atoms with Gasteiger partial charge in [0.15, 0.2) is 0 Å². The van der Waals surface area contributed by atoms with Crippen LogP contribution in [0.3, 0.4) is 0 Å². The smallest absolute Gasteiger partial charge is 0.123 e. The van der Waals surface area contributed by atoms with E-state index in [-0.39, 0.29) is 0 Å². The molecular weight excluding hydrogens is 282 g/mol. The summed E-state index contributed by atoms with van der Waals surface area (Å²) < 4.78 is 17.8. The van der Waals surface area contributed by atoms with E-state index in [2.05, 4.69) is 6.07 Å². The van der Waals surface area contributed by atoms with Gasteiger partial charge in [-0.05, 0) is 43.2 Å². The molecule has 2 aromatic rings. The van der Waals surface area contributed by atoms with Gasteiger partial charge in [-0.3, -0.25) is 4.21 Å². The van der Waals surface area contributed by atoms with Crippen LogP contribution in [0.2, 0.25) is 0 Å². The molecule has 3 nitrogen and oxygen atoms in total. The van der Waals surface area contributed by atoms with E-state index >= 15 is 0 Å². The number of methoxy groups -OCH3 is 1. The Balaban J connectivity index is 2.23. The second-order valence-corrected chi connectivity index (χ2v) is 6.53. The summed E-state index contributed by atoms with van der Waals surface area (Å²) in [4.78, 5) is 0.894. The molecule has 112 valence electrons. The van der Waals surface area contributed by atoms with Crippen molar-refractivity contribution < 1.29 is 8.95 Å². The van der Waals surface area contributed by atoms with E-state index < -0.39 is 10.8 Å². The van der Waals surface area contributed by atoms with Crippen LogP contribution >= 0.6 is 0 Å². The third kappa shape index (κ3) is 3.71. The molecule has 0 saturated heterocycles. The summed E-state index contributed by atoms with van der Waals surface area (Å²) in [6.45, 7) is 4.45. The van der Waals surface area contributed by atoms with Gasteiger partial charge in [0.25, 0.3) is 0 Å². The van der Waals surface area contributed by atoms with Gasteiger partial charge in [0.1, 0.15) is 5.75 Å². The third-order valence-electron chi connectivity index (χ3n) is 3.44. The first-order valence-corrected chi connectivity index (χ1v) is 8.18. The molecule has 0 heterocycles. The SMILES string of the molecule is COc1ccc(CS(=O)c2ccc(C)cc2C)cc1CN. The van der Waals surface area contributed by atoms with Crippen molar-refractivity contribution >= 4 is 10.8 Å². The maximum Gasteiger partial charge on any atom is 0.123 e. The quantitative estimate of drug-likeness (QED) is 0.923. The largest absolute Gasteiger partial charge is 0.496 e. The van der Waals surface area contributed by atoms with Crippen LogP contribution in [-0.2, 0) is 23.1 Å². The lowest BCUT2D eigenvalue weighted by Crippen LogP contribution is -2.03. The van der Waals surface area contributed by atoms with Gasteiger partial charge in [-0.15, -0.1) is 0 Å². The molecule has 1 unspecified atom stereocenters. The molecule has 21 heavy (non-hydrogen) atoms. The summed E-state index contributed by atoms with van der Waals surface area (Å²) in [6.07, 6.45) is 0. The van der Waals surface area contributed by atoms with Crippen molar-refractivity contribution in [2.45, 2.75) is 31.0 Å². The summed E-state index contributed by atoms with van der Waals surface area (Å²) in [5.41, 5.74) is 9.92. The second kappa shape index (κ2) is 6.87. The third-order valence-corrected chi connectivity index (χ3v) is 4.98. The molecule has 0 aliphatic heterocycles. The summed E-state index contributed by atoms with van der Waals surface area (Å²) >= 11 is 0. The molecule has 0 amide bonds. The van der Waals surface area contributed by atoms with Gasteiger partial charge in [-0.1, -0.05) is 23.8 Å². The Hall–Kier alpha value is -1.65. The molecule has 0 fully saturated rings. The Labute approximate surface area is 128 Å². The first kappa shape index (κ1) is 15.7. The highest BCUT2D eigenvalue weighted by Crippen LogP contribution is 2.22. The predicted molar refractivity (Wildman–Crippen MR) is 86.9 cm³/mol. The van der Waals surface area contributed by atoms with Crippen molar-refractivity contribution in [3.8, 4) is 5.75 Å². The second-order valence-electron chi connectivity index (χ2n) is 5.11. The summed E-state index contributed by atoms with van der Waals surface area (Å²) in [7, 11) is 0.572. The molecule has 1 atom stereocenters. The topological polar surface area (TPSA) is 52.3 Å². The molecule has 2 rings (SSSR count). The van der Waals surface area contributed by atoms with Crippen molar-refractivity contribution in [1.29, 1.82) is 0 Å². The fourth-order valence-electron chi connectivity index (χ4n) is 2.37. The number of nitrogens with two attached hydrogens (primary N) is 1. The van der Waals surface area contributed by atoms with Crippen LogP contribution in [0.4, 0.5) is 0 Å². The van der Waals surface area contributed by atoms with Crippen LogP contribution in [-0.4, -0.2) is 11.3 Å². The molecular formula is C17H21NO2S. The number of hydrogen-bond acceptors (Lipinski definition) is 3. The molecule has 2 aromatic carbocycles. The maximum absolute atomic E-state index is 12.5. The fourth-order valence-corrected chi connectivity index (χ4v) is 3.64. The molecule has 0 spiro atoms. The van der Waals surface area contributed by atoms with E-state index in [1.807, 2.05) is 44.2 Å². The summed E-state index contributed by atoms with van der Waals surface area (Å²) in [5.74, 6) is 1.26. The van der Waals surface area contributed by atoms with Gasteiger partial charge in [-0.2, -0.15) is 0 Å². The lowest BCUT2D eigenvalue weighted by Gasteiger charge is -2.10. The molecule has 2 N–H and O–H groups in total. The molecule has 4 heteroatoms. The molecule has 0 saturated carbocycles. The van der Waals surface area contributed by atoms with Crippen LogP contribution in [0, 0.1) is 13.8 Å². The predicted octanol–water partition coefficient (Wildman–Crippen LogP) is 3.08. The molecule has 0 radical (unpaired) electrons. The Morgan fingerprint density at radius 3 is 2.52 bits per heavy atom. The van der Waals surface area contributed by atoms with Crippen molar-refractivity contribution in [3.63, 3.8) is 0 Å². The number of ether oxygens (including phenoxy) is 1. The lowest BCUT2D eigenvalue weighted by atomic mass is 10.1. The zero-order chi connectivity index (χ0) is 15.4. The standard InChI is InChI=1S/C17H21NO2S/c1-12-4-7-17(13(2)8-12)21(19)11-14-5-6-16(20-3)15(9-14)10-18/h4-9H,10-11,18H2,1-3H3. The van der Waals surface area contributed by atoms with Crippen LogP contribution in [0.5, 0.6) is 5.75 Å². The van der Waals surface area contributed by atoms with E-state index in [0.717, 1.165) is 27.3 Å². The van der Waals surface area contributed by atoms with E-state index in [1.54, 1.807) is 7.11 Å². The Morgan fingerprint density at radius 1 is 1.14 bits per heavy atom. The average molecular weight is 303 g/mol. The first-order valence-electron chi connectivity index (χ1n) is 6.86. The van der Waals surface area contributed by atoms with Crippen molar-refractivity contribution in [2.75, 3.05) is 7.11 Å². The van der Waals surface area contributed by atoms with Gasteiger partial charge in [0.05, 0.1) is 23.7 Å². The van der Waals surface area contributed by atoms with Crippen molar-refractivity contribution in [3.05, 3.63) is 58.7 Å². The van der Waals surface area contributed by atoms with Gasteiger partial charge < -0.3 is 10.5 Å². The fraction of sp³-hybridized carbons (Fsp3) is 0.294. The van der Waals surface area contributed by atoms with E-state index in [9.17, 15) is 4.21 Å². The maximum atomic E-state index is 12.5. The summed E-state index contributed by atoms with van der Waals surface area (Å²) in [5, 5.41) is 0. The van der Waals surface area contributed by atoms with Crippen LogP contribution < -0.4 is 10.5 Å². The molecule has 0 bridgehead atoms. The number of rotatable bonds is 5. The van der Waals surface area contributed by atoms with Crippen molar-refractivity contribution in [1.82, 2.24) is 0 Å². The first-order chi connectivity index (χ1) is 10.0. The number of hydrogen-bond donors (Lipinski definition) is 1. The highest BCUT2D eigenvalue weighted by molar-refractivity contribution is 7.84. The highest BCUT2D eigenvalue weighted by Gasteiger charge is 2.10. The summed E-state index contributed by atoms with van der Waals surface area (Å²) in [6, 6.07) is 11.8. The van der Waals surface area contributed by atoms with Crippen molar-refractivity contribution in [2.24, 2.45) is 5.73 Å². The minimum Gasteiger partial charge on any atom is -0.496 e. The zero-order valence-electron chi connectivity index (χ0n) is 12.7. The molecule has 0 aromatic heterocycles. The zero-order valence-corrected chi connectivity index (χ0v) is 13.5. The molecule has 0 aliphatic carbocycles. The van der Waals surface area contributed by atoms with Gasteiger partial charge in [-0.25, -0.2) is 0 Å². The van der Waals surface area contributed by atoms with Crippen LogP contribution in [0.15, 0.2) is 41.3 Å². The van der Waals surface area contributed by atoms with Crippen LogP contribution in [0.25, 0.3) is 0 Å². The number of benzene rings is 2.